The molecule has 1 saturated heterocycles. The van der Waals surface area contributed by atoms with E-state index in [2.05, 4.69) is 47.9 Å². The van der Waals surface area contributed by atoms with E-state index in [1.807, 2.05) is 18.3 Å². The van der Waals surface area contributed by atoms with E-state index in [0.717, 1.165) is 54.1 Å². The summed E-state index contributed by atoms with van der Waals surface area (Å²) in [5, 5.41) is 16.0. The van der Waals surface area contributed by atoms with E-state index in [9.17, 15) is 0 Å². The Kier molecular flexibility index (Phi) is 4.02. The third-order valence-electron chi connectivity index (χ3n) is 4.74. The van der Waals surface area contributed by atoms with Crippen molar-refractivity contribution in [2.24, 2.45) is 0 Å². The van der Waals surface area contributed by atoms with Crippen LogP contribution in [0.5, 0.6) is 0 Å². The summed E-state index contributed by atoms with van der Waals surface area (Å²) in [6.07, 6.45) is 7.62. The normalized spacial score (nSPS) is 16.8. The van der Waals surface area contributed by atoms with Crippen LogP contribution in [0.2, 0.25) is 0 Å². The second kappa shape index (κ2) is 6.81. The molecule has 136 valence electrons. The van der Waals surface area contributed by atoms with Crippen molar-refractivity contribution in [3.05, 3.63) is 42.9 Å². The molecule has 4 aromatic rings. The number of pyridine rings is 1. The van der Waals surface area contributed by atoms with Crippen LogP contribution in [0.4, 0.5) is 17.3 Å². The average Bonchev–Trinajstić information content (AvgIpc) is 3.36. The number of nitrogens with one attached hydrogen (secondary N) is 3. The summed E-state index contributed by atoms with van der Waals surface area (Å²) in [4.78, 5) is 13.0. The van der Waals surface area contributed by atoms with E-state index in [1.54, 1.807) is 12.4 Å². The monoisotopic (exact) mass is 361 g/mol. The number of fused-ring (bicyclic) bond motifs is 2. The van der Waals surface area contributed by atoms with Crippen LogP contribution in [0.25, 0.3) is 21.9 Å². The molecule has 1 aliphatic heterocycles. The molecule has 1 atom stereocenters. The fourth-order valence-corrected chi connectivity index (χ4v) is 3.39. The molecule has 1 aromatic carbocycles. The first kappa shape index (κ1) is 16.0. The summed E-state index contributed by atoms with van der Waals surface area (Å²) in [7, 11) is 0. The SMILES string of the molecule is c1cc2cc(Nc3[nH]nc4nccnc34)ccc2c(NC[C@H]2CCCO2)n1. The van der Waals surface area contributed by atoms with Gasteiger partial charge in [-0.1, -0.05) is 0 Å². The number of anilines is 3. The predicted octanol–water partition coefficient (Wildman–Crippen LogP) is 3.24. The van der Waals surface area contributed by atoms with Gasteiger partial charge in [-0.25, -0.2) is 15.0 Å². The van der Waals surface area contributed by atoms with Crippen molar-refractivity contribution in [3.63, 3.8) is 0 Å². The minimum atomic E-state index is 0.276. The first-order valence-electron chi connectivity index (χ1n) is 9.03. The maximum absolute atomic E-state index is 5.68. The topological polar surface area (TPSA) is 101 Å². The molecule has 0 radical (unpaired) electrons. The lowest BCUT2D eigenvalue weighted by Gasteiger charge is -2.13. The smallest absolute Gasteiger partial charge is 0.201 e. The van der Waals surface area contributed by atoms with E-state index in [4.69, 9.17) is 4.74 Å². The number of ether oxygens (including phenoxy) is 1. The van der Waals surface area contributed by atoms with Crippen LogP contribution >= 0.6 is 0 Å². The van der Waals surface area contributed by atoms with Crippen LogP contribution in [-0.4, -0.2) is 44.4 Å². The Balaban J connectivity index is 1.40. The van der Waals surface area contributed by atoms with Gasteiger partial charge in [0.25, 0.3) is 0 Å². The molecule has 0 amide bonds. The Hall–Kier alpha value is -3.26. The zero-order chi connectivity index (χ0) is 18.1. The lowest BCUT2D eigenvalue weighted by atomic mass is 10.1. The zero-order valence-electron chi connectivity index (χ0n) is 14.6. The summed E-state index contributed by atoms with van der Waals surface area (Å²) < 4.78 is 5.68. The number of rotatable bonds is 5. The molecule has 8 nitrogen and oxygen atoms in total. The number of hydrogen-bond donors (Lipinski definition) is 3. The average molecular weight is 361 g/mol. The molecule has 5 rings (SSSR count). The molecule has 0 saturated carbocycles. The summed E-state index contributed by atoms with van der Waals surface area (Å²) in [6.45, 7) is 1.64. The van der Waals surface area contributed by atoms with Gasteiger partial charge in [0.05, 0.1) is 6.10 Å². The summed E-state index contributed by atoms with van der Waals surface area (Å²) in [5.41, 5.74) is 2.24. The Morgan fingerprint density at radius 3 is 3.00 bits per heavy atom. The van der Waals surface area contributed by atoms with Crippen LogP contribution < -0.4 is 10.6 Å². The maximum Gasteiger partial charge on any atom is 0.201 e. The van der Waals surface area contributed by atoms with Gasteiger partial charge < -0.3 is 15.4 Å². The highest BCUT2D eigenvalue weighted by Gasteiger charge is 2.15. The first-order chi connectivity index (χ1) is 13.4. The van der Waals surface area contributed by atoms with E-state index in [1.165, 1.54) is 0 Å². The third-order valence-corrected chi connectivity index (χ3v) is 4.74. The molecule has 0 aliphatic carbocycles. The van der Waals surface area contributed by atoms with Crippen LogP contribution in [0.1, 0.15) is 12.8 Å². The fraction of sp³-hybridized carbons (Fsp3) is 0.263. The molecule has 1 fully saturated rings. The molecular formula is C19H19N7O. The van der Waals surface area contributed by atoms with E-state index >= 15 is 0 Å². The number of aromatic nitrogens is 5. The molecule has 0 bridgehead atoms. The molecule has 27 heavy (non-hydrogen) atoms. The molecule has 8 heteroatoms. The van der Waals surface area contributed by atoms with E-state index in [-0.39, 0.29) is 6.10 Å². The standard InChI is InChI=1S/C19H19N7O/c1-2-14(27-9-1)11-23-17-15-4-3-13(10-12(15)5-6-21-17)24-19-16-18(25-26-19)22-8-7-20-16/h3-8,10,14H,1-2,9,11H2,(H,21,23)(H2,22,24,25,26)/t14-/m1/s1. The second-order valence-corrected chi connectivity index (χ2v) is 6.56. The lowest BCUT2D eigenvalue weighted by molar-refractivity contribution is 0.120. The van der Waals surface area contributed by atoms with E-state index in [0.29, 0.717) is 11.2 Å². The molecule has 3 aromatic heterocycles. The molecule has 0 unspecified atom stereocenters. The van der Waals surface area contributed by atoms with Gasteiger partial charge in [-0.15, -0.1) is 0 Å². The fourth-order valence-electron chi connectivity index (χ4n) is 3.39. The van der Waals surface area contributed by atoms with Gasteiger partial charge in [-0.3, -0.25) is 5.10 Å². The predicted molar refractivity (Wildman–Crippen MR) is 104 cm³/mol. The zero-order valence-corrected chi connectivity index (χ0v) is 14.6. The number of benzene rings is 1. The Labute approximate surface area is 155 Å². The molecular weight excluding hydrogens is 342 g/mol. The van der Waals surface area contributed by atoms with Crippen molar-refractivity contribution in [3.8, 4) is 0 Å². The van der Waals surface area contributed by atoms with Gasteiger partial charge in [0, 0.05) is 42.8 Å². The van der Waals surface area contributed by atoms with Crippen molar-refractivity contribution in [1.29, 1.82) is 0 Å². The van der Waals surface area contributed by atoms with Gasteiger partial charge in [-0.2, -0.15) is 5.10 Å². The highest BCUT2D eigenvalue weighted by atomic mass is 16.5. The van der Waals surface area contributed by atoms with E-state index < -0.39 is 0 Å². The van der Waals surface area contributed by atoms with Gasteiger partial charge in [-0.05, 0) is 42.5 Å². The largest absolute Gasteiger partial charge is 0.376 e. The first-order valence-corrected chi connectivity index (χ1v) is 9.03. The minimum absolute atomic E-state index is 0.276. The maximum atomic E-state index is 5.68. The quantitative estimate of drug-likeness (QED) is 0.502. The minimum Gasteiger partial charge on any atom is -0.376 e. The third kappa shape index (κ3) is 3.15. The summed E-state index contributed by atoms with van der Waals surface area (Å²) in [5.74, 6) is 1.61. The van der Waals surface area contributed by atoms with Crippen LogP contribution in [0.3, 0.4) is 0 Å². The Morgan fingerprint density at radius 2 is 2.07 bits per heavy atom. The second-order valence-electron chi connectivity index (χ2n) is 6.56. The van der Waals surface area contributed by atoms with Crippen molar-refractivity contribution in [2.45, 2.75) is 18.9 Å². The van der Waals surface area contributed by atoms with Gasteiger partial charge >= 0.3 is 0 Å². The molecule has 0 spiro atoms. The van der Waals surface area contributed by atoms with Crippen LogP contribution in [0, 0.1) is 0 Å². The van der Waals surface area contributed by atoms with Crippen molar-refractivity contribution in [1.82, 2.24) is 25.1 Å². The summed E-state index contributed by atoms with van der Waals surface area (Å²) in [6, 6.07) is 8.16. The van der Waals surface area contributed by atoms with Gasteiger partial charge in [0.2, 0.25) is 5.65 Å². The molecule has 1 aliphatic rings. The number of nitrogens with zero attached hydrogens (tertiary/aromatic N) is 4. The molecule has 3 N–H and O–H groups in total. The number of hydrogen-bond acceptors (Lipinski definition) is 7. The van der Waals surface area contributed by atoms with Gasteiger partial charge in [0.1, 0.15) is 5.82 Å². The molecule has 4 heterocycles. The highest BCUT2D eigenvalue weighted by molar-refractivity contribution is 5.95. The van der Waals surface area contributed by atoms with Crippen LogP contribution in [0.15, 0.2) is 42.9 Å². The number of H-pyrrole nitrogens is 1. The highest BCUT2D eigenvalue weighted by Crippen LogP contribution is 2.27. The van der Waals surface area contributed by atoms with Crippen molar-refractivity contribution in [2.75, 3.05) is 23.8 Å². The summed E-state index contributed by atoms with van der Waals surface area (Å²) >= 11 is 0. The van der Waals surface area contributed by atoms with Crippen LogP contribution in [-0.2, 0) is 4.74 Å². The number of aromatic amines is 1. The van der Waals surface area contributed by atoms with Crippen molar-refractivity contribution < 1.29 is 4.74 Å². The van der Waals surface area contributed by atoms with Crippen molar-refractivity contribution >= 4 is 39.3 Å². The lowest BCUT2D eigenvalue weighted by Crippen LogP contribution is -2.19. The Morgan fingerprint density at radius 1 is 1.11 bits per heavy atom. The van der Waals surface area contributed by atoms with Gasteiger partial charge in [0.15, 0.2) is 11.3 Å². The Bertz CT molecular complexity index is 1090.